The molecule has 0 unspecified atom stereocenters. The van der Waals surface area contributed by atoms with Crippen LogP contribution in [0.4, 0.5) is 11.4 Å². The smallest absolute Gasteiger partial charge is 0.303 e. The van der Waals surface area contributed by atoms with Crippen molar-refractivity contribution in [2.45, 2.75) is 25.9 Å². The number of quaternary nitrogens is 1. The Balaban J connectivity index is 0.000000179. The van der Waals surface area contributed by atoms with Crippen LogP contribution in [-0.4, -0.2) is 55.6 Å². The molecule has 0 amide bonds. The fourth-order valence-corrected chi connectivity index (χ4v) is 5.26. The topological polar surface area (TPSA) is 46.6 Å². The Bertz CT molecular complexity index is 1050. The maximum atomic E-state index is 12.5. The molecule has 5 nitrogen and oxygen atoms in total. The van der Waals surface area contributed by atoms with Gasteiger partial charge in [-0.05, 0) is 24.3 Å². The minimum absolute atomic E-state index is 0.00595. The van der Waals surface area contributed by atoms with E-state index in [-0.39, 0.29) is 17.9 Å². The highest BCUT2D eigenvalue weighted by atomic mass is 16.5. The Kier molecular flexibility index (Phi) is 7.98. The molecule has 3 aromatic carbocycles. The standard InChI is InChI=1S/C17H22NO3.C13H13N/c1-13(19)21-17-12-18(9-7-15(17)8-10-18)11-16(20)14-5-3-2-4-6-14;1-14(12-8-4-2-5-9-12)13-10-6-3-7-11-13/h2-6,15,17H,7-12H2,1H3;2-11H,1H3/q+1;/t15?,17-,18?;/m0./s1. The number of carbonyl (C=O) groups excluding carboxylic acids is 2. The molecular weight excluding hydrogens is 436 g/mol. The van der Waals surface area contributed by atoms with Crippen molar-refractivity contribution >= 4 is 23.1 Å². The van der Waals surface area contributed by atoms with Crippen LogP contribution in [0.15, 0.2) is 91.0 Å². The molecule has 2 bridgehead atoms. The molecule has 6 rings (SSSR count). The first-order valence-electron chi connectivity index (χ1n) is 12.4. The van der Waals surface area contributed by atoms with Crippen LogP contribution >= 0.6 is 0 Å². The number of Topliss-reactive ketones (excluding diaryl/α,β-unsaturated/α-hetero) is 1. The molecule has 0 spiro atoms. The van der Waals surface area contributed by atoms with Gasteiger partial charge < -0.3 is 14.1 Å². The molecule has 182 valence electrons. The zero-order chi connectivity index (χ0) is 24.7. The maximum absolute atomic E-state index is 12.5. The maximum Gasteiger partial charge on any atom is 0.303 e. The van der Waals surface area contributed by atoms with Crippen LogP contribution in [0.5, 0.6) is 0 Å². The first-order valence-corrected chi connectivity index (χ1v) is 12.4. The van der Waals surface area contributed by atoms with Gasteiger partial charge in [0.2, 0.25) is 5.78 Å². The molecule has 35 heavy (non-hydrogen) atoms. The van der Waals surface area contributed by atoms with Gasteiger partial charge in [0.1, 0.15) is 13.1 Å². The number of hydrogen-bond donors (Lipinski definition) is 0. The molecule has 3 saturated heterocycles. The number of para-hydroxylation sites is 2. The third-order valence-electron chi connectivity index (χ3n) is 7.22. The Morgan fingerprint density at radius 2 is 1.31 bits per heavy atom. The van der Waals surface area contributed by atoms with E-state index in [1.54, 1.807) is 0 Å². The lowest BCUT2D eigenvalue weighted by atomic mass is 9.83. The van der Waals surface area contributed by atoms with Crippen molar-refractivity contribution in [1.82, 2.24) is 0 Å². The van der Waals surface area contributed by atoms with Crippen molar-refractivity contribution < 1.29 is 18.8 Å². The lowest BCUT2D eigenvalue weighted by Gasteiger charge is -2.51. The predicted octanol–water partition coefficient (Wildman–Crippen LogP) is 5.50. The van der Waals surface area contributed by atoms with E-state index in [2.05, 4.69) is 60.5 Å². The van der Waals surface area contributed by atoms with Crippen LogP contribution in [0.2, 0.25) is 0 Å². The molecule has 3 heterocycles. The first kappa shape index (κ1) is 24.7. The number of fused-ring (bicyclic) bond motifs is 3. The molecule has 3 fully saturated rings. The van der Waals surface area contributed by atoms with Gasteiger partial charge in [-0.2, -0.15) is 0 Å². The molecule has 5 heteroatoms. The molecular formula is C30H35N2O3+. The van der Waals surface area contributed by atoms with E-state index < -0.39 is 0 Å². The number of ether oxygens (including phenoxy) is 1. The van der Waals surface area contributed by atoms with Gasteiger partial charge in [-0.25, -0.2) is 0 Å². The van der Waals surface area contributed by atoms with Gasteiger partial charge >= 0.3 is 5.97 Å². The summed E-state index contributed by atoms with van der Waals surface area (Å²) in [4.78, 5) is 25.9. The number of rotatable bonds is 6. The largest absolute Gasteiger partial charge is 0.456 e. The Labute approximate surface area is 208 Å². The third kappa shape index (κ3) is 6.37. The number of piperidine rings is 3. The summed E-state index contributed by atoms with van der Waals surface area (Å²) >= 11 is 0. The van der Waals surface area contributed by atoms with E-state index in [4.69, 9.17) is 4.74 Å². The van der Waals surface area contributed by atoms with E-state index in [1.807, 2.05) is 42.5 Å². The first-order chi connectivity index (χ1) is 17.0. The van der Waals surface area contributed by atoms with Crippen molar-refractivity contribution in [2.75, 3.05) is 38.1 Å². The second-order valence-electron chi connectivity index (χ2n) is 9.63. The highest BCUT2D eigenvalue weighted by Gasteiger charge is 2.48. The van der Waals surface area contributed by atoms with E-state index >= 15 is 0 Å². The lowest BCUT2D eigenvalue weighted by Crippen LogP contribution is -2.65. The van der Waals surface area contributed by atoms with Crippen LogP contribution in [0.25, 0.3) is 0 Å². The van der Waals surface area contributed by atoms with Crippen molar-refractivity contribution in [2.24, 2.45) is 5.92 Å². The van der Waals surface area contributed by atoms with Crippen molar-refractivity contribution in [3.8, 4) is 0 Å². The average molecular weight is 472 g/mol. The second-order valence-corrected chi connectivity index (χ2v) is 9.63. The van der Waals surface area contributed by atoms with Gasteiger partial charge in [-0.3, -0.25) is 9.59 Å². The summed E-state index contributed by atoms with van der Waals surface area (Å²) in [6.45, 7) is 4.84. The SMILES string of the molecule is CC(=O)O[C@H]1C[N+]2(CC(=O)c3ccccc3)CCC1CC2.CN(c1ccccc1)c1ccccc1. The highest BCUT2D eigenvalue weighted by molar-refractivity contribution is 5.96. The zero-order valence-corrected chi connectivity index (χ0v) is 20.7. The monoisotopic (exact) mass is 471 g/mol. The highest BCUT2D eigenvalue weighted by Crippen LogP contribution is 2.35. The van der Waals surface area contributed by atoms with E-state index in [0.29, 0.717) is 12.5 Å². The summed E-state index contributed by atoms with van der Waals surface area (Å²) in [6.07, 6.45) is 2.11. The van der Waals surface area contributed by atoms with Gasteiger partial charge in [0.25, 0.3) is 0 Å². The number of ketones is 1. The summed E-state index contributed by atoms with van der Waals surface area (Å²) < 4.78 is 6.25. The molecule has 3 aliphatic heterocycles. The molecule has 0 N–H and O–H groups in total. The number of esters is 1. The third-order valence-corrected chi connectivity index (χ3v) is 7.22. The molecule has 1 atom stereocenters. The summed E-state index contributed by atoms with van der Waals surface area (Å²) in [5, 5.41) is 0. The van der Waals surface area contributed by atoms with Crippen LogP contribution in [0, 0.1) is 5.92 Å². The summed E-state index contributed by atoms with van der Waals surface area (Å²) in [5.41, 5.74) is 3.19. The number of carbonyl (C=O) groups is 2. The zero-order valence-electron chi connectivity index (χ0n) is 20.7. The molecule has 0 radical (unpaired) electrons. The predicted molar refractivity (Wildman–Crippen MR) is 140 cm³/mol. The number of anilines is 2. The number of hydrogen-bond acceptors (Lipinski definition) is 4. The van der Waals surface area contributed by atoms with Gasteiger partial charge in [0.15, 0.2) is 6.10 Å². The van der Waals surface area contributed by atoms with Crippen LogP contribution in [-0.2, 0) is 9.53 Å². The van der Waals surface area contributed by atoms with E-state index in [0.717, 1.165) is 42.5 Å². The molecule has 0 saturated carbocycles. The van der Waals surface area contributed by atoms with Gasteiger partial charge in [-0.1, -0.05) is 66.7 Å². The van der Waals surface area contributed by atoms with Crippen molar-refractivity contribution in [3.63, 3.8) is 0 Å². The summed E-state index contributed by atoms with van der Waals surface area (Å²) in [5.74, 6) is 0.472. The Hall–Kier alpha value is -3.44. The van der Waals surface area contributed by atoms with E-state index in [1.165, 1.54) is 18.3 Å². The number of benzene rings is 3. The van der Waals surface area contributed by atoms with Crippen LogP contribution in [0.1, 0.15) is 30.1 Å². The molecule has 0 aromatic heterocycles. The second kappa shape index (κ2) is 11.3. The van der Waals surface area contributed by atoms with Gasteiger partial charge in [0, 0.05) is 49.7 Å². The lowest BCUT2D eigenvalue weighted by molar-refractivity contribution is -0.938. The molecule has 3 aliphatic rings. The van der Waals surface area contributed by atoms with Crippen LogP contribution < -0.4 is 4.90 Å². The molecule has 0 aliphatic carbocycles. The summed E-state index contributed by atoms with van der Waals surface area (Å²) in [7, 11) is 2.07. The Morgan fingerprint density at radius 1 is 0.829 bits per heavy atom. The normalized spacial score (nSPS) is 22.5. The fraction of sp³-hybridized carbons (Fsp3) is 0.333. The van der Waals surface area contributed by atoms with Crippen molar-refractivity contribution in [3.05, 3.63) is 96.6 Å². The number of nitrogens with zero attached hydrogens (tertiary/aromatic N) is 2. The summed E-state index contributed by atoms with van der Waals surface area (Å²) in [6, 6.07) is 30.2. The fourth-order valence-electron chi connectivity index (χ4n) is 5.26. The Morgan fingerprint density at radius 3 is 1.80 bits per heavy atom. The molecule has 3 aromatic rings. The quantitative estimate of drug-likeness (QED) is 0.271. The average Bonchev–Trinajstić information content (AvgIpc) is 2.90. The van der Waals surface area contributed by atoms with Gasteiger partial charge in [-0.15, -0.1) is 0 Å². The van der Waals surface area contributed by atoms with Crippen molar-refractivity contribution in [1.29, 1.82) is 0 Å². The van der Waals surface area contributed by atoms with Gasteiger partial charge in [0.05, 0.1) is 13.1 Å². The van der Waals surface area contributed by atoms with Crippen LogP contribution in [0.3, 0.4) is 0 Å². The minimum atomic E-state index is -0.207. The minimum Gasteiger partial charge on any atom is -0.456 e. The van der Waals surface area contributed by atoms with E-state index in [9.17, 15) is 9.59 Å².